The molecule has 0 radical (unpaired) electrons. The Kier molecular flexibility index (Phi) is 4.75. The molecule has 2 heterocycles. The topological polar surface area (TPSA) is 86.8 Å². The van der Waals surface area contributed by atoms with Gasteiger partial charge in [0.2, 0.25) is 0 Å². The van der Waals surface area contributed by atoms with Crippen LogP contribution in [0.5, 0.6) is 0 Å². The number of nitrogens with zero attached hydrogens (tertiary/aromatic N) is 4. The molecule has 2 N–H and O–H groups in total. The van der Waals surface area contributed by atoms with Crippen LogP contribution in [0.2, 0.25) is 0 Å². The first-order chi connectivity index (χ1) is 11.6. The van der Waals surface area contributed by atoms with Crippen LogP contribution in [0.4, 0.5) is 4.79 Å². The van der Waals surface area contributed by atoms with Crippen molar-refractivity contribution in [2.75, 3.05) is 7.05 Å². The van der Waals surface area contributed by atoms with Crippen LogP contribution >= 0.6 is 11.7 Å². The third-order valence-electron chi connectivity index (χ3n) is 3.84. The molecule has 0 aliphatic rings. The van der Waals surface area contributed by atoms with Crippen LogP contribution in [0.25, 0.3) is 11.0 Å². The van der Waals surface area contributed by atoms with Crippen molar-refractivity contribution < 1.29 is 4.79 Å². The predicted molar refractivity (Wildman–Crippen MR) is 93.8 cm³/mol. The summed E-state index contributed by atoms with van der Waals surface area (Å²) >= 11 is 1.19. The summed E-state index contributed by atoms with van der Waals surface area (Å²) in [6.07, 6.45) is 2.54. The van der Waals surface area contributed by atoms with E-state index in [0.29, 0.717) is 6.54 Å². The average molecular weight is 344 g/mol. The van der Waals surface area contributed by atoms with Crippen molar-refractivity contribution in [2.45, 2.75) is 32.9 Å². The maximum Gasteiger partial charge on any atom is 0.318 e. The molecule has 0 saturated carbocycles. The van der Waals surface area contributed by atoms with Crippen molar-refractivity contribution in [3.63, 3.8) is 0 Å². The van der Waals surface area contributed by atoms with E-state index in [4.69, 9.17) is 0 Å². The molecule has 1 unspecified atom stereocenters. The third kappa shape index (κ3) is 3.53. The molecule has 0 aliphatic heterocycles. The highest BCUT2D eigenvalue weighted by atomic mass is 32.1. The van der Waals surface area contributed by atoms with Gasteiger partial charge in [-0.05, 0) is 31.0 Å². The number of fused-ring (bicyclic) bond motifs is 1. The first-order valence-corrected chi connectivity index (χ1v) is 8.54. The maximum absolute atomic E-state index is 12.5. The number of aryl methyl sites for hydroxylation is 1. The second kappa shape index (κ2) is 6.96. The number of carbonyl (C=O) groups excluding carboxylic acids is 1. The molecule has 2 amide bonds. The van der Waals surface area contributed by atoms with Crippen LogP contribution in [-0.2, 0) is 6.54 Å². The minimum absolute atomic E-state index is 0.126. The lowest BCUT2D eigenvalue weighted by molar-refractivity contribution is 0.201. The zero-order chi connectivity index (χ0) is 17.1. The molecule has 0 aliphatic carbocycles. The molecular formula is C16H20N6OS. The van der Waals surface area contributed by atoms with E-state index in [-0.39, 0.29) is 12.1 Å². The van der Waals surface area contributed by atoms with Crippen LogP contribution in [0.3, 0.4) is 0 Å². The van der Waals surface area contributed by atoms with E-state index in [2.05, 4.69) is 24.0 Å². The van der Waals surface area contributed by atoms with Gasteiger partial charge >= 0.3 is 6.03 Å². The van der Waals surface area contributed by atoms with E-state index in [9.17, 15) is 4.79 Å². The Labute approximate surface area is 144 Å². The number of hydrogen-bond acceptors (Lipinski definition) is 5. The number of aromatic amines is 1. The van der Waals surface area contributed by atoms with Crippen molar-refractivity contribution in [3.05, 3.63) is 41.5 Å². The van der Waals surface area contributed by atoms with Crippen LogP contribution in [-0.4, -0.2) is 36.7 Å². The fourth-order valence-electron chi connectivity index (χ4n) is 2.50. The maximum atomic E-state index is 12.5. The lowest BCUT2D eigenvalue weighted by atomic mass is 10.2. The smallest absolute Gasteiger partial charge is 0.318 e. The van der Waals surface area contributed by atoms with Crippen LogP contribution in [0.15, 0.2) is 24.4 Å². The highest BCUT2D eigenvalue weighted by Crippen LogP contribution is 2.16. The number of rotatable bonds is 5. The molecule has 0 saturated heterocycles. The highest BCUT2D eigenvalue weighted by molar-refractivity contribution is 7.00. The lowest BCUT2D eigenvalue weighted by Crippen LogP contribution is -2.39. The summed E-state index contributed by atoms with van der Waals surface area (Å²) in [4.78, 5) is 21.6. The molecule has 3 rings (SSSR count). The van der Waals surface area contributed by atoms with Gasteiger partial charge in [-0.2, -0.15) is 8.75 Å². The van der Waals surface area contributed by atoms with Gasteiger partial charge in [0.15, 0.2) is 0 Å². The van der Waals surface area contributed by atoms with E-state index >= 15 is 0 Å². The molecule has 1 aromatic carbocycles. The molecule has 8 heteroatoms. The summed E-state index contributed by atoms with van der Waals surface area (Å²) in [7, 11) is 1.78. The minimum atomic E-state index is -0.132. The van der Waals surface area contributed by atoms with Gasteiger partial charge < -0.3 is 15.2 Å². The van der Waals surface area contributed by atoms with E-state index < -0.39 is 0 Å². The highest BCUT2D eigenvalue weighted by Gasteiger charge is 2.18. The molecule has 126 valence electrons. The number of carbonyl (C=O) groups is 1. The first kappa shape index (κ1) is 16.4. The number of imidazole rings is 1. The fourth-order valence-corrected chi connectivity index (χ4v) is 3.02. The second-order valence-corrected chi connectivity index (χ2v) is 6.33. The van der Waals surface area contributed by atoms with Gasteiger partial charge in [0.05, 0.1) is 17.8 Å². The van der Waals surface area contributed by atoms with Crippen molar-refractivity contribution >= 4 is 28.8 Å². The molecule has 7 nitrogen and oxygen atoms in total. The van der Waals surface area contributed by atoms with Crippen LogP contribution in [0.1, 0.15) is 36.5 Å². The number of H-pyrrole nitrogens is 1. The second-order valence-electron chi connectivity index (χ2n) is 5.81. The lowest BCUT2D eigenvalue weighted by Gasteiger charge is -2.22. The Hall–Kier alpha value is -2.48. The van der Waals surface area contributed by atoms with Gasteiger partial charge in [0.25, 0.3) is 0 Å². The van der Waals surface area contributed by atoms with Gasteiger partial charge in [-0.15, -0.1) is 0 Å². The number of nitrogens with one attached hydrogen (secondary N) is 2. The van der Waals surface area contributed by atoms with Gasteiger partial charge in [-0.25, -0.2) is 9.78 Å². The third-order valence-corrected chi connectivity index (χ3v) is 4.40. The van der Waals surface area contributed by atoms with Gasteiger partial charge in [0.1, 0.15) is 16.9 Å². The average Bonchev–Trinajstić information content (AvgIpc) is 3.20. The predicted octanol–water partition coefficient (Wildman–Crippen LogP) is 3.02. The zero-order valence-corrected chi connectivity index (χ0v) is 14.7. The molecule has 1 atom stereocenters. The van der Waals surface area contributed by atoms with Gasteiger partial charge in [-0.1, -0.05) is 13.0 Å². The van der Waals surface area contributed by atoms with E-state index in [1.807, 2.05) is 32.0 Å². The van der Waals surface area contributed by atoms with Crippen molar-refractivity contribution in [2.24, 2.45) is 0 Å². The molecular weight excluding hydrogens is 324 g/mol. The standard InChI is InChI=1S/C16H20N6OS/c1-4-12(15-17-8-10(2)18-15)19-16(23)22(3)9-11-5-6-13-14(7-11)21-24-20-13/h5-8,12H,4,9H2,1-3H3,(H,17,18)(H,19,23). The van der Waals surface area contributed by atoms with Crippen LogP contribution in [0, 0.1) is 6.92 Å². The molecule has 0 fully saturated rings. The van der Waals surface area contributed by atoms with Crippen molar-refractivity contribution in [1.29, 1.82) is 0 Å². The number of benzene rings is 1. The SMILES string of the molecule is CCC(NC(=O)N(C)Cc1ccc2nsnc2c1)c1ncc(C)[nH]1. The molecule has 24 heavy (non-hydrogen) atoms. The van der Waals surface area contributed by atoms with Crippen molar-refractivity contribution in [1.82, 2.24) is 28.9 Å². The quantitative estimate of drug-likeness (QED) is 0.745. The molecule has 3 aromatic rings. The molecule has 0 spiro atoms. The Morgan fingerprint density at radius 3 is 2.88 bits per heavy atom. The monoisotopic (exact) mass is 344 g/mol. The Morgan fingerprint density at radius 1 is 1.38 bits per heavy atom. The summed E-state index contributed by atoms with van der Waals surface area (Å²) in [6, 6.07) is 5.61. The normalized spacial score (nSPS) is 12.3. The Balaban J connectivity index is 1.65. The summed E-state index contributed by atoms with van der Waals surface area (Å²) in [5.41, 5.74) is 3.75. The fraction of sp³-hybridized carbons (Fsp3) is 0.375. The number of urea groups is 1. The number of amides is 2. The summed E-state index contributed by atoms with van der Waals surface area (Å²) in [6.45, 7) is 4.47. The van der Waals surface area contributed by atoms with E-state index in [1.165, 1.54) is 11.7 Å². The van der Waals surface area contributed by atoms with Crippen molar-refractivity contribution in [3.8, 4) is 0 Å². The van der Waals surface area contributed by atoms with E-state index in [0.717, 1.165) is 34.5 Å². The minimum Gasteiger partial charge on any atom is -0.344 e. The molecule has 2 aromatic heterocycles. The molecule has 0 bridgehead atoms. The van der Waals surface area contributed by atoms with Crippen LogP contribution < -0.4 is 5.32 Å². The van der Waals surface area contributed by atoms with Gasteiger partial charge in [-0.3, -0.25) is 0 Å². The Bertz CT molecular complexity index is 842. The number of aromatic nitrogens is 4. The Morgan fingerprint density at radius 2 is 2.17 bits per heavy atom. The number of hydrogen-bond donors (Lipinski definition) is 2. The van der Waals surface area contributed by atoms with E-state index in [1.54, 1.807) is 18.1 Å². The largest absolute Gasteiger partial charge is 0.344 e. The zero-order valence-electron chi connectivity index (χ0n) is 13.9. The summed E-state index contributed by atoms with van der Waals surface area (Å²) in [5, 5.41) is 3.02. The summed E-state index contributed by atoms with van der Waals surface area (Å²) in [5.74, 6) is 0.784. The summed E-state index contributed by atoms with van der Waals surface area (Å²) < 4.78 is 8.42. The van der Waals surface area contributed by atoms with Gasteiger partial charge in [0, 0.05) is 25.5 Å². The first-order valence-electron chi connectivity index (χ1n) is 7.81.